The minimum atomic E-state index is -2.65. The average molecular weight is 611 g/mol. The normalized spacial score (nSPS) is 13.5. The fraction of sp³-hybridized carbons (Fsp3) is 0.233. The van der Waals surface area contributed by atoms with Crippen LogP contribution >= 0.6 is 0 Å². The van der Waals surface area contributed by atoms with Crippen LogP contribution in [0.2, 0.25) is 0 Å². The summed E-state index contributed by atoms with van der Waals surface area (Å²) in [6, 6.07) is 9.79. The first-order valence-electron chi connectivity index (χ1n) is 13.6. The van der Waals surface area contributed by atoms with Crippen molar-refractivity contribution in [3.05, 3.63) is 83.3 Å². The van der Waals surface area contributed by atoms with Crippen LogP contribution in [-0.4, -0.2) is 64.9 Å². The molecule has 1 fully saturated rings. The number of ether oxygens (including phenoxy) is 3. The van der Waals surface area contributed by atoms with Gasteiger partial charge in [-0.15, -0.1) is 0 Å². The third kappa shape index (κ3) is 5.63. The molecule has 0 aliphatic carbocycles. The number of carbonyl (C=O) groups is 1. The number of hydrogen-bond acceptors (Lipinski definition) is 8. The van der Waals surface area contributed by atoms with Gasteiger partial charge in [0.1, 0.15) is 18.2 Å². The van der Waals surface area contributed by atoms with Crippen LogP contribution in [0.1, 0.15) is 21.6 Å². The van der Waals surface area contributed by atoms with E-state index < -0.39 is 36.2 Å². The number of nitrogen functional groups attached to an aromatic ring is 1. The summed E-state index contributed by atoms with van der Waals surface area (Å²) in [4.78, 5) is 22.7. The molecule has 14 heteroatoms. The SMILES string of the molecule is Cc1cc(Oc2c(F)cccc2F)ncc1-n1ncc(C(=O)c2cc3cc(OCC(F)F)c(N4CCOCC4)cc3[nH]2)c1N. The highest BCUT2D eigenvalue weighted by atomic mass is 19.3. The summed E-state index contributed by atoms with van der Waals surface area (Å²) in [6.07, 6.45) is 0.0272. The van der Waals surface area contributed by atoms with E-state index >= 15 is 0 Å². The van der Waals surface area contributed by atoms with E-state index in [9.17, 15) is 22.4 Å². The Morgan fingerprint density at radius 1 is 1.09 bits per heavy atom. The molecule has 1 saturated heterocycles. The molecule has 44 heavy (non-hydrogen) atoms. The number of carbonyl (C=O) groups excluding carboxylic acids is 1. The van der Waals surface area contributed by atoms with Gasteiger partial charge in [-0.3, -0.25) is 4.79 Å². The molecule has 1 aliphatic heterocycles. The second-order valence-electron chi connectivity index (χ2n) is 10.0. The standard InChI is InChI=1S/C30H26F4N6O4/c1-16-9-27(44-29-19(31)3-2-4-20(29)32)36-14-24(16)40-30(35)18(13-37-40)28(41)22-10-17-11-25(43-15-26(33)34)23(12-21(17)38-22)39-5-7-42-8-6-39/h2-4,9-14,26,38H,5-8,15,35H2,1H3. The average Bonchev–Trinajstić information content (AvgIpc) is 3.60. The van der Waals surface area contributed by atoms with Gasteiger partial charge >= 0.3 is 0 Å². The Morgan fingerprint density at radius 3 is 2.55 bits per heavy atom. The molecular formula is C30H26F4N6O4. The summed E-state index contributed by atoms with van der Waals surface area (Å²) < 4.78 is 71.4. The van der Waals surface area contributed by atoms with Crippen molar-refractivity contribution in [2.75, 3.05) is 43.5 Å². The molecule has 0 amide bonds. The number of H-pyrrole nitrogens is 1. The van der Waals surface area contributed by atoms with Crippen molar-refractivity contribution in [1.82, 2.24) is 19.7 Å². The first-order chi connectivity index (χ1) is 21.2. The number of fused-ring (bicyclic) bond motifs is 1. The largest absolute Gasteiger partial charge is 0.485 e. The molecule has 228 valence electrons. The molecular weight excluding hydrogens is 584 g/mol. The number of nitrogens with one attached hydrogen (secondary N) is 1. The van der Waals surface area contributed by atoms with Crippen molar-refractivity contribution in [3.8, 4) is 23.1 Å². The third-order valence-electron chi connectivity index (χ3n) is 7.12. The number of anilines is 2. The first kappa shape index (κ1) is 29.0. The Labute approximate surface area is 247 Å². The van der Waals surface area contributed by atoms with Crippen LogP contribution in [0.25, 0.3) is 16.6 Å². The molecule has 3 aromatic heterocycles. The quantitative estimate of drug-likeness (QED) is 0.168. The highest BCUT2D eigenvalue weighted by Gasteiger charge is 2.23. The lowest BCUT2D eigenvalue weighted by molar-refractivity contribution is 0.0817. The topological polar surface area (TPSA) is 121 Å². The van der Waals surface area contributed by atoms with E-state index in [4.69, 9.17) is 19.9 Å². The molecule has 3 N–H and O–H groups in total. The van der Waals surface area contributed by atoms with Gasteiger partial charge in [0.2, 0.25) is 17.4 Å². The zero-order chi connectivity index (χ0) is 31.0. The maximum Gasteiger partial charge on any atom is 0.272 e. The van der Waals surface area contributed by atoms with Crippen molar-refractivity contribution in [2.24, 2.45) is 0 Å². The Bertz CT molecular complexity index is 1830. The van der Waals surface area contributed by atoms with E-state index in [0.717, 1.165) is 12.1 Å². The summed E-state index contributed by atoms with van der Waals surface area (Å²) in [6.45, 7) is 3.01. The number of pyridine rings is 1. The van der Waals surface area contributed by atoms with E-state index in [-0.39, 0.29) is 28.7 Å². The highest BCUT2D eigenvalue weighted by molar-refractivity contribution is 6.12. The minimum absolute atomic E-state index is 0.0299. The zero-order valence-electron chi connectivity index (χ0n) is 23.3. The molecule has 0 bridgehead atoms. The van der Waals surface area contributed by atoms with Crippen LogP contribution in [0.3, 0.4) is 0 Å². The molecule has 5 aromatic rings. The number of nitrogens with two attached hydrogens (primary N) is 1. The number of aryl methyl sites for hydroxylation is 1. The number of nitrogens with zero attached hydrogens (tertiary/aromatic N) is 4. The van der Waals surface area contributed by atoms with Crippen molar-refractivity contribution >= 4 is 28.2 Å². The number of hydrogen-bond donors (Lipinski definition) is 2. The van der Waals surface area contributed by atoms with Gasteiger partial charge in [0, 0.05) is 30.1 Å². The number of ketones is 1. The zero-order valence-corrected chi connectivity index (χ0v) is 23.3. The summed E-state index contributed by atoms with van der Waals surface area (Å²) >= 11 is 0. The minimum Gasteiger partial charge on any atom is -0.485 e. The molecule has 0 radical (unpaired) electrons. The van der Waals surface area contributed by atoms with Gasteiger partial charge < -0.3 is 29.8 Å². The van der Waals surface area contributed by atoms with Gasteiger partial charge in [0.25, 0.3) is 6.43 Å². The lowest BCUT2D eigenvalue weighted by Gasteiger charge is -2.30. The monoisotopic (exact) mass is 610 g/mol. The fourth-order valence-corrected chi connectivity index (χ4v) is 4.95. The van der Waals surface area contributed by atoms with Gasteiger partial charge in [-0.1, -0.05) is 6.07 Å². The van der Waals surface area contributed by atoms with Crippen molar-refractivity contribution in [1.29, 1.82) is 0 Å². The molecule has 0 spiro atoms. The Hall–Kier alpha value is -5.11. The van der Waals surface area contributed by atoms with Gasteiger partial charge in [0.15, 0.2) is 11.6 Å². The van der Waals surface area contributed by atoms with Gasteiger partial charge in [-0.25, -0.2) is 27.2 Å². The van der Waals surface area contributed by atoms with Crippen LogP contribution < -0.4 is 20.1 Å². The molecule has 4 heterocycles. The van der Waals surface area contributed by atoms with Crippen LogP contribution in [0.15, 0.2) is 54.9 Å². The number of halogens is 4. The smallest absolute Gasteiger partial charge is 0.272 e. The van der Waals surface area contributed by atoms with E-state index in [0.29, 0.717) is 54.1 Å². The van der Waals surface area contributed by atoms with Crippen LogP contribution in [0.5, 0.6) is 17.4 Å². The molecule has 2 aromatic carbocycles. The number of para-hydroxylation sites is 1. The van der Waals surface area contributed by atoms with Crippen molar-refractivity contribution in [3.63, 3.8) is 0 Å². The lowest BCUT2D eigenvalue weighted by atomic mass is 10.1. The van der Waals surface area contributed by atoms with E-state index in [1.54, 1.807) is 25.1 Å². The van der Waals surface area contributed by atoms with Gasteiger partial charge in [-0.05, 0) is 42.8 Å². The van der Waals surface area contributed by atoms with Crippen molar-refractivity contribution < 1.29 is 36.6 Å². The van der Waals surface area contributed by atoms with Crippen molar-refractivity contribution in [2.45, 2.75) is 13.3 Å². The summed E-state index contributed by atoms with van der Waals surface area (Å²) in [5.41, 5.74) is 8.84. The number of aromatic amines is 1. The molecule has 0 atom stereocenters. The molecule has 10 nitrogen and oxygen atoms in total. The number of morpholine rings is 1. The summed E-state index contributed by atoms with van der Waals surface area (Å²) in [7, 11) is 0. The van der Waals surface area contributed by atoms with Crippen LogP contribution in [0, 0.1) is 18.6 Å². The molecule has 6 rings (SSSR count). The molecule has 0 saturated carbocycles. The van der Waals surface area contributed by atoms with Gasteiger partial charge in [-0.2, -0.15) is 5.10 Å². The second kappa shape index (κ2) is 11.9. The maximum atomic E-state index is 14.0. The summed E-state index contributed by atoms with van der Waals surface area (Å²) in [5.74, 6) is -2.53. The Kier molecular flexibility index (Phi) is 7.82. The maximum absolute atomic E-state index is 14.0. The van der Waals surface area contributed by atoms with E-state index in [1.165, 1.54) is 29.2 Å². The first-order valence-corrected chi connectivity index (χ1v) is 13.6. The fourth-order valence-electron chi connectivity index (χ4n) is 4.95. The predicted octanol–water partition coefficient (Wildman–Crippen LogP) is 5.42. The third-order valence-corrected chi connectivity index (χ3v) is 7.12. The van der Waals surface area contributed by atoms with Gasteiger partial charge in [0.05, 0.1) is 48.2 Å². The highest BCUT2D eigenvalue weighted by Crippen LogP contribution is 2.35. The molecule has 0 unspecified atom stereocenters. The summed E-state index contributed by atoms with van der Waals surface area (Å²) in [5, 5.41) is 4.85. The Balaban J connectivity index is 1.28. The number of benzene rings is 2. The number of alkyl halides is 2. The van der Waals surface area contributed by atoms with E-state index in [1.807, 2.05) is 4.90 Å². The Morgan fingerprint density at radius 2 is 1.84 bits per heavy atom. The van der Waals surface area contributed by atoms with E-state index in [2.05, 4.69) is 15.1 Å². The number of rotatable bonds is 9. The lowest BCUT2D eigenvalue weighted by Crippen LogP contribution is -2.36. The van der Waals surface area contributed by atoms with Crippen LogP contribution in [-0.2, 0) is 4.74 Å². The van der Waals surface area contributed by atoms with Crippen LogP contribution in [0.4, 0.5) is 29.1 Å². The molecule has 1 aliphatic rings. The predicted molar refractivity (Wildman–Crippen MR) is 153 cm³/mol. The second-order valence-corrected chi connectivity index (χ2v) is 10.0. The number of aromatic nitrogens is 4.